The third-order valence-corrected chi connectivity index (χ3v) is 3.72. The summed E-state index contributed by atoms with van der Waals surface area (Å²) in [7, 11) is 3.16. The van der Waals surface area contributed by atoms with Crippen molar-refractivity contribution in [3.63, 3.8) is 0 Å². The molecule has 0 bridgehead atoms. The van der Waals surface area contributed by atoms with E-state index in [1.165, 1.54) is 6.07 Å². The van der Waals surface area contributed by atoms with E-state index < -0.39 is 5.82 Å². The second kappa shape index (κ2) is 6.34. The first-order chi connectivity index (χ1) is 11.1. The number of methoxy groups -OCH3 is 2. The van der Waals surface area contributed by atoms with Crippen molar-refractivity contribution >= 4 is 28.6 Å². The Balaban J connectivity index is 1.81. The molecule has 0 fully saturated rings. The van der Waals surface area contributed by atoms with E-state index in [4.69, 9.17) is 21.1 Å². The summed E-state index contributed by atoms with van der Waals surface area (Å²) in [5.41, 5.74) is 2.43. The van der Waals surface area contributed by atoms with E-state index in [0.29, 0.717) is 24.0 Å². The Morgan fingerprint density at radius 1 is 1.17 bits per heavy atom. The van der Waals surface area contributed by atoms with Crippen LogP contribution in [0.2, 0.25) is 5.02 Å². The van der Waals surface area contributed by atoms with E-state index in [9.17, 15) is 4.39 Å². The smallest absolute Gasteiger partial charge is 0.201 e. The van der Waals surface area contributed by atoms with Crippen LogP contribution in [0.25, 0.3) is 11.0 Å². The van der Waals surface area contributed by atoms with Gasteiger partial charge in [0.15, 0.2) is 11.5 Å². The van der Waals surface area contributed by atoms with Crippen LogP contribution in [0.4, 0.5) is 10.3 Å². The molecule has 0 saturated heterocycles. The molecule has 2 N–H and O–H groups in total. The Kier molecular flexibility index (Phi) is 4.25. The first-order valence-corrected chi connectivity index (χ1v) is 7.28. The zero-order valence-corrected chi connectivity index (χ0v) is 13.4. The number of nitrogens with one attached hydrogen (secondary N) is 2. The van der Waals surface area contributed by atoms with Crippen LogP contribution < -0.4 is 14.8 Å². The number of hydrogen-bond acceptors (Lipinski definition) is 4. The molecule has 1 heterocycles. The predicted octanol–water partition coefficient (Wildman–Crippen LogP) is 3.98. The first-order valence-electron chi connectivity index (χ1n) is 6.90. The maximum atomic E-state index is 13.1. The standard InChI is InChI=1S/C16H15ClFN3O2/c1-22-14-6-12-13(7-15(14)23-2)21-16(20-12)19-8-9-3-4-11(18)10(17)5-9/h3-7H,8H2,1-2H3,(H2,19,20,21). The molecule has 7 heteroatoms. The van der Waals surface area contributed by atoms with Gasteiger partial charge in [0.25, 0.3) is 0 Å². The third-order valence-electron chi connectivity index (χ3n) is 3.43. The summed E-state index contributed by atoms with van der Waals surface area (Å²) in [5, 5.41) is 3.24. The van der Waals surface area contributed by atoms with Gasteiger partial charge in [-0.25, -0.2) is 9.37 Å². The fourth-order valence-electron chi connectivity index (χ4n) is 2.26. The Morgan fingerprint density at radius 3 is 2.61 bits per heavy atom. The summed E-state index contributed by atoms with van der Waals surface area (Å²) in [6.45, 7) is 0.466. The van der Waals surface area contributed by atoms with Gasteiger partial charge in [-0.3, -0.25) is 0 Å². The minimum absolute atomic E-state index is 0.100. The second-order valence-electron chi connectivity index (χ2n) is 4.91. The normalized spacial score (nSPS) is 10.8. The summed E-state index contributed by atoms with van der Waals surface area (Å²) >= 11 is 5.77. The number of fused-ring (bicyclic) bond motifs is 1. The van der Waals surface area contributed by atoms with Crippen LogP contribution in [0.15, 0.2) is 30.3 Å². The number of hydrogen-bond donors (Lipinski definition) is 2. The molecule has 0 amide bonds. The minimum Gasteiger partial charge on any atom is -0.493 e. The van der Waals surface area contributed by atoms with E-state index in [1.807, 2.05) is 6.07 Å². The van der Waals surface area contributed by atoms with Crippen LogP contribution in [0.3, 0.4) is 0 Å². The Morgan fingerprint density at radius 2 is 1.91 bits per heavy atom. The SMILES string of the molecule is COc1cc2nc(NCc3ccc(F)c(Cl)c3)[nH]c2cc1OC. The van der Waals surface area contributed by atoms with Gasteiger partial charge in [0.05, 0.1) is 30.3 Å². The Bertz CT molecular complexity index is 810. The van der Waals surface area contributed by atoms with Crippen molar-refractivity contribution in [2.24, 2.45) is 0 Å². The van der Waals surface area contributed by atoms with Crippen molar-refractivity contribution in [1.82, 2.24) is 9.97 Å². The monoisotopic (exact) mass is 335 g/mol. The van der Waals surface area contributed by atoms with Crippen molar-refractivity contribution in [1.29, 1.82) is 0 Å². The van der Waals surface area contributed by atoms with Gasteiger partial charge in [0.2, 0.25) is 5.95 Å². The molecule has 3 aromatic rings. The quantitative estimate of drug-likeness (QED) is 0.740. The molecule has 0 aliphatic rings. The van der Waals surface area contributed by atoms with E-state index in [-0.39, 0.29) is 5.02 Å². The molecule has 3 rings (SSSR count). The van der Waals surface area contributed by atoms with Crippen molar-refractivity contribution < 1.29 is 13.9 Å². The van der Waals surface area contributed by atoms with Gasteiger partial charge >= 0.3 is 0 Å². The van der Waals surface area contributed by atoms with Gasteiger partial charge in [-0.2, -0.15) is 0 Å². The highest BCUT2D eigenvalue weighted by Gasteiger charge is 2.10. The maximum absolute atomic E-state index is 13.1. The summed E-state index contributed by atoms with van der Waals surface area (Å²) < 4.78 is 23.7. The number of rotatable bonds is 5. The molecular formula is C16H15ClFN3O2. The molecule has 0 aliphatic carbocycles. The molecule has 0 saturated carbocycles. The topological polar surface area (TPSA) is 59.2 Å². The van der Waals surface area contributed by atoms with Crippen LogP contribution in [0.1, 0.15) is 5.56 Å². The van der Waals surface area contributed by atoms with Crippen LogP contribution in [-0.4, -0.2) is 24.2 Å². The lowest BCUT2D eigenvalue weighted by atomic mass is 10.2. The molecule has 23 heavy (non-hydrogen) atoms. The number of anilines is 1. The molecule has 120 valence electrons. The molecule has 0 atom stereocenters. The highest BCUT2D eigenvalue weighted by atomic mass is 35.5. The minimum atomic E-state index is -0.432. The van der Waals surface area contributed by atoms with Crippen LogP contribution >= 0.6 is 11.6 Å². The molecule has 2 aromatic carbocycles. The summed E-state index contributed by atoms with van der Waals surface area (Å²) in [6.07, 6.45) is 0. The number of ether oxygens (including phenoxy) is 2. The van der Waals surface area contributed by atoms with Gasteiger partial charge in [0.1, 0.15) is 5.82 Å². The summed E-state index contributed by atoms with van der Waals surface area (Å²) in [4.78, 5) is 7.60. The molecule has 1 aromatic heterocycles. The van der Waals surface area contributed by atoms with E-state index in [2.05, 4.69) is 15.3 Å². The van der Waals surface area contributed by atoms with E-state index >= 15 is 0 Å². The lowest BCUT2D eigenvalue weighted by Gasteiger charge is -2.06. The zero-order chi connectivity index (χ0) is 16.4. The predicted molar refractivity (Wildman–Crippen MR) is 87.9 cm³/mol. The first kappa shape index (κ1) is 15.4. The fourth-order valence-corrected chi connectivity index (χ4v) is 2.46. The molecule has 0 spiro atoms. The highest BCUT2D eigenvalue weighted by molar-refractivity contribution is 6.30. The number of aromatic nitrogens is 2. The number of benzene rings is 2. The molecular weight excluding hydrogens is 321 g/mol. The lowest BCUT2D eigenvalue weighted by Crippen LogP contribution is -2.01. The highest BCUT2D eigenvalue weighted by Crippen LogP contribution is 2.31. The Labute approximate surface area is 137 Å². The van der Waals surface area contributed by atoms with Gasteiger partial charge in [-0.05, 0) is 17.7 Å². The van der Waals surface area contributed by atoms with Crippen molar-refractivity contribution in [3.8, 4) is 11.5 Å². The van der Waals surface area contributed by atoms with Gasteiger partial charge < -0.3 is 19.8 Å². The molecule has 0 aliphatic heterocycles. The molecule has 0 unspecified atom stereocenters. The second-order valence-corrected chi connectivity index (χ2v) is 5.32. The van der Waals surface area contributed by atoms with Crippen molar-refractivity contribution in [2.75, 3.05) is 19.5 Å². The average Bonchev–Trinajstić information content (AvgIpc) is 2.96. The fraction of sp³-hybridized carbons (Fsp3) is 0.188. The van der Waals surface area contributed by atoms with Crippen LogP contribution in [0.5, 0.6) is 11.5 Å². The number of imidazole rings is 1. The maximum Gasteiger partial charge on any atom is 0.201 e. The summed E-state index contributed by atoms with van der Waals surface area (Å²) in [6, 6.07) is 8.21. The lowest BCUT2D eigenvalue weighted by molar-refractivity contribution is 0.356. The van der Waals surface area contributed by atoms with Crippen LogP contribution in [0, 0.1) is 5.82 Å². The van der Waals surface area contributed by atoms with Gasteiger partial charge in [-0.1, -0.05) is 17.7 Å². The Hall–Kier alpha value is -2.47. The number of halogens is 2. The summed E-state index contributed by atoms with van der Waals surface area (Å²) in [5.74, 6) is 1.40. The van der Waals surface area contributed by atoms with Gasteiger partial charge in [0, 0.05) is 18.7 Å². The van der Waals surface area contributed by atoms with E-state index in [1.54, 1.807) is 32.4 Å². The molecule has 5 nitrogen and oxygen atoms in total. The number of H-pyrrole nitrogens is 1. The van der Waals surface area contributed by atoms with Crippen molar-refractivity contribution in [3.05, 3.63) is 46.7 Å². The number of nitrogens with zero attached hydrogens (tertiary/aromatic N) is 1. The van der Waals surface area contributed by atoms with E-state index in [0.717, 1.165) is 16.6 Å². The largest absolute Gasteiger partial charge is 0.493 e. The van der Waals surface area contributed by atoms with Crippen molar-refractivity contribution in [2.45, 2.75) is 6.54 Å². The average molecular weight is 336 g/mol. The van der Waals surface area contributed by atoms with Gasteiger partial charge in [-0.15, -0.1) is 0 Å². The van der Waals surface area contributed by atoms with Crippen LogP contribution in [-0.2, 0) is 6.54 Å². The third kappa shape index (κ3) is 3.17. The number of aromatic amines is 1. The zero-order valence-electron chi connectivity index (χ0n) is 12.6. The molecule has 0 radical (unpaired) electrons.